The van der Waals surface area contributed by atoms with E-state index in [1.807, 2.05) is 23.1 Å². The largest absolute Gasteiger partial charge is 0.340 e. The molecule has 2 aromatic heterocycles. The minimum absolute atomic E-state index is 0.0433. The van der Waals surface area contributed by atoms with E-state index in [1.165, 1.54) is 11.1 Å². The average Bonchev–Trinajstić information content (AvgIpc) is 3.50. The zero-order valence-electron chi connectivity index (χ0n) is 19.4. The quantitative estimate of drug-likeness (QED) is 0.254. The molecule has 1 N–H and O–H groups in total. The van der Waals surface area contributed by atoms with Crippen LogP contribution in [-0.2, 0) is 0 Å². The summed E-state index contributed by atoms with van der Waals surface area (Å²) in [6.07, 6.45) is 2.78. The van der Waals surface area contributed by atoms with Gasteiger partial charge in [0.2, 0.25) is 0 Å². The molecule has 168 valence electrons. The second-order valence-electron chi connectivity index (χ2n) is 8.78. The highest BCUT2D eigenvalue weighted by Gasteiger charge is 2.36. The Morgan fingerprint density at radius 2 is 2.00 bits per heavy atom. The highest BCUT2D eigenvalue weighted by atomic mass is 32.2. The second kappa shape index (κ2) is 8.50. The van der Waals surface area contributed by atoms with E-state index < -0.39 is 0 Å². The van der Waals surface area contributed by atoms with Gasteiger partial charge in [-0.3, -0.25) is 4.79 Å². The Morgan fingerprint density at radius 3 is 2.76 bits per heavy atom. The number of carbonyl (C=O) groups excluding carboxylic acids is 1. The predicted octanol–water partition coefficient (Wildman–Crippen LogP) is 7.08. The summed E-state index contributed by atoms with van der Waals surface area (Å²) < 4.78 is 0. The average molecular weight is 474 g/mol. The van der Waals surface area contributed by atoms with Crippen LogP contribution in [0.1, 0.15) is 44.6 Å². The molecule has 0 spiro atoms. The van der Waals surface area contributed by atoms with Gasteiger partial charge in [-0.15, -0.1) is 23.1 Å². The highest BCUT2D eigenvalue weighted by Crippen LogP contribution is 2.40. The smallest absolute Gasteiger partial charge is 0.256 e. The Morgan fingerprint density at radius 1 is 1.18 bits per heavy atom. The van der Waals surface area contributed by atoms with E-state index in [1.54, 1.807) is 23.1 Å². The fourth-order valence-electron chi connectivity index (χ4n) is 4.53. The minimum atomic E-state index is -0.139. The number of imidazole rings is 1. The van der Waals surface area contributed by atoms with Crippen molar-refractivity contribution in [2.75, 3.05) is 12.8 Å². The zero-order chi connectivity index (χ0) is 23.3. The van der Waals surface area contributed by atoms with Crippen LogP contribution < -0.4 is 0 Å². The molecule has 3 heterocycles. The van der Waals surface area contributed by atoms with Crippen molar-refractivity contribution in [2.24, 2.45) is 0 Å². The number of rotatable bonds is 4. The molecule has 1 unspecified atom stereocenters. The lowest BCUT2D eigenvalue weighted by Gasteiger charge is -2.23. The molecule has 4 nitrogen and oxygen atoms in total. The number of likely N-dealkylation sites (tertiary alicyclic amines) is 1. The second-order valence-corrected chi connectivity index (χ2v) is 10.9. The number of carbonyl (C=O) groups is 1. The molecule has 1 amide bonds. The van der Waals surface area contributed by atoms with E-state index in [0.29, 0.717) is 6.54 Å². The Hall–Kier alpha value is -2.83. The van der Waals surface area contributed by atoms with E-state index in [2.05, 4.69) is 62.9 Å². The number of thiophene rings is 1. The number of aryl methyl sites for hydroxylation is 3. The van der Waals surface area contributed by atoms with Crippen molar-refractivity contribution in [1.82, 2.24) is 14.9 Å². The van der Waals surface area contributed by atoms with Crippen LogP contribution in [0.4, 0.5) is 0 Å². The van der Waals surface area contributed by atoms with Crippen LogP contribution in [0.15, 0.2) is 59.5 Å². The molecule has 0 bridgehead atoms. The number of nitrogens with one attached hydrogen (secondary N) is 1. The number of thioether (sulfide) groups is 1. The minimum Gasteiger partial charge on any atom is -0.340 e. The van der Waals surface area contributed by atoms with Crippen molar-refractivity contribution in [3.8, 4) is 10.4 Å². The van der Waals surface area contributed by atoms with Gasteiger partial charge in [-0.05, 0) is 68.3 Å². The maximum absolute atomic E-state index is 13.9. The first-order valence-corrected chi connectivity index (χ1v) is 13.1. The van der Waals surface area contributed by atoms with Crippen LogP contribution >= 0.6 is 23.1 Å². The third-order valence-electron chi connectivity index (χ3n) is 6.40. The van der Waals surface area contributed by atoms with E-state index in [0.717, 1.165) is 54.6 Å². The van der Waals surface area contributed by atoms with Gasteiger partial charge < -0.3 is 9.88 Å². The van der Waals surface area contributed by atoms with Gasteiger partial charge in [-0.1, -0.05) is 36.4 Å². The molecule has 4 aromatic rings. The van der Waals surface area contributed by atoms with Crippen molar-refractivity contribution in [3.63, 3.8) is 0 Å². The van der Waals surface area contributed by atoms with Gasteiger partial charge >= 0.3 is 0 Å². The molecule has 6 heteroatoms. The standard InChI is InChI=1S/C27H27N3OS2/c1-15-11-22(26-28-21-7-6-8-23(32-5)24(21)29-26)30(14-15)27(31)20-13-18(4)33-25(20)19-10-9-16(2)17(3)12-19/h6-10,12-13,22H,1,11,14H2,2-5H3,(H,28,29). The Balaban J connectivity index is 1.55. The van der Waals surface area contributed by atoms with Crippen LogP contribution in [0.25, 0.3) is 21.5 Å². The number of fused-ring (bicyclic) bond motifs is 1. The molecule has 0 radical (unpaired) electrons. The number of amides is 1. The highest BCUT2D eigenvalue weighted by molar-refractivity contribution is 7.98. The summed E-state index contributed by atoms with van der Waals surface area (Å²) in [7, 11) is 0. The Labute approximate surface area is 202 Å². The lowest BCUT2D eigenvalue weighted by Crippen LogP contribution is -2.31. The van der Waals surface area contributed by atoms with Crippen molar-refractivity contribution in [2.45, 2.75) is 38.1 Å². The number of aromatic nitrogens is 2. The fourth-order valence-corrected chi connectivity index (χ4v) is 6.09. The summed E-state index contributed by atoms with van der Waals surface area (Å²) in [5.74, 6) is 0.875. The summed E-state index contributed by atoms with van der Waals surface area (Å²) >= 11 is 3.36. The molecule has 2 aromatic carbocycles. The number of nitrogens with zero attached hydrogens (tertiary/aromatic N) is 2. The molecule has 1 atom stereocenters. The van der Waals surface area contributed by atoms with Gasteiger partial charge in [-0.2, -0.15) is 0 Å². The molecule has 5 rings (SSSR count). The number of benzene rings is 2. The molecule has 1 saturated heterocycles. The Kier molecular flexibility index (Phi) is 5.67. The zero-order valence-corrected chi connectivity index (χ0v) is 21.0. The lowest BCUT2D eigenvalue weighted by molar-refractivity contribution is 0.0734. The summed E-state index contributed by atoms with van der Waals surface area (Å²) in [6.45, 7) is 11.1. The third kappa shape index (κ3) is 3.91. The first-order valence-electron chi connectivity index (χ1n) is 11.0. The number of aromatic amines is 1. The predicted molar refractivity (Wildman–Crippen MR) is 139 cm³/mol. The monoisotopic (exact) mass is 473 g/mol. The van der Waals surface area contributed by atoms with Crippen molar-refractivity contribution < 1.29 is 4.79 Å². The molecule has 33 heavy (non-hydrogen) atoms. The summed E-state index contributed by atoms with van der Waals surface area (Å²) in [5.41, 5.74) is 7.38. The van der Waals surface area contributed by atoms with Crippen LogP contribution in [0.3, 0.4) is 0 Å². The summed E-state index contributed by atoms with van der Waals surface area (Å²) in [6, 6.07) is 14.5. The molecular formula is C27H27N3OS2. The first-order chi connectivity index (χ1) is 15.9. The maximum Gasteiger partial charge on any atom is 0.256 e. The normalized spacial score (nSPS) is 16.2. The molecule has 1 fully saturated rings. The topological polar surface area (TPSA) is 49.0 Å². The van der Waals surface area contributed by atoms with Gasteiger partial charge in [0.1, 0.15) is 11.3 Å². The van der Waals surface area contributed by atoms with Gasteiger partial charge in [0.15, 0.2) is 0 Å². The summed E-state index contributed by atoms with van der Waals surface area (Å²) in [5, 5.41) is 0. The van der Waals surface area contributed by atoms with Crippen LogP contribution in [0, 0.1) is 20.8 Å². The van der Waals surface area contributed by atoms with E-state index in [4.69, 9.17) is 4.98 Å². The van der Waals surface area contributed by atoms with E-state index in [9.17, 15) is 4.79 Å². The van der Waals surface area contributed by atoms with Gasteiger partial charge in [0, 0.05) is 21.2 Å². The summed E-state index contributed by atoms with van der Waals surface area (Å²) in [4.78, 5) is 27.6. The number of hydrogen-bond donors (Lipinski definition) is 1. The van der Waals surface area contributed by atoms with Crippen LogP contribution in [-0.4, -0.2) is 33.6 Å². The van der Waals surface area contributed by atoms with Gasteiger partial charge in [0.05, 0.1) is 17.1 Å². The van der Waals surface area contributed by atoms with E-state index in [-0.39, 0.29) is 11.9 Å². The van der Waals surface area contributed by atoms with Crippen LogP contribution in [0.5, 0.6) is 0 Å². The molecule has 1 aliphatic rings. The lowest BCUT2D eigenvalue weighted by atomic mass is 10.0. The van der Waals surface area contributed by atoms with E-state index >= 15 is 0 Å². The van der Waals surface area contributed by atoms with Gasteiger partial charge in [-0.25, -0.2) is 4.98 Å². The van der Waals surface area contributed by atoms with Crippen molar-refractivity contribution in [1.29, 1.82) is 0 Å². The molecule has 1 aliphatic heterocycles. The molecular weight excluding hydrogens is 446 g/mol. The number of para-hydroxylation sites is 1. The fraction of sp³-hybridized carbons (Fsp3) is 0.259. The third-order valence-corrected chi connectivity index (χ3v) is 8.27. The van der Waals surface area contributed by atoms with Crippen LogP contribution in [0.2, 0.25) is 0 Å². The number of H-pyrrole nitrogens is 1. The van der Waals surface area contributed by atoms with Gasteiger partial charge in [0.25, 0.3) is 5.91 Å². The Bertz CT molecular complexity index is 1400. The number of hydrogen-bond acceptors (Lipinski definition) is 4. The first kappa shape index (κ1) is 22.0. The maximum atomic E-state index is 13.9. The molecule has 0 saturated carbocycles. The SMILES string of the molecule is C=C1CC(c2nc3c(SC)cccc3[nH]2)N(C(=O)c2cc(C)sc2-c2ccc(C)c(C)c2)C1. The van der Waals surface area contributed by atoms with Crippen molar-refractivity contribution in [3.05, 3.63) is 82.0 Å². The molecule has 0 aliphatic carbocycles. The van der Waals surface area contributed by atoms with Crippen molar-refractivity contribution >= 4 is 40.0 Å².